The van der Waals surface area contributed by atoms with Crippen molar-refractivity contribution in [2.45, 2.75) is 79.7 Å². The second-order valence-corrected chi connectivity index (χ2v) is 15.3. The highest BCUT2D eigenvalue weighted by Gasteiger charge is 2.34. The maximum Gasteiger partial charge on any atom is 0.245 e. The molecule has 0 bridgehead atoms. The molecule has 0 fully saturated rings. The Morgan fingerprint density at radius 3 is 2.48 bits per heavy atom. The normalized spacial score (nSPS) is 18.5. The SMILES string of the molecule is CN1C(=O)[C@H](CCCCN)NC(=O)[C@H](CCCN)NCc2cccnc2Sc2c(Cl)ccc(-c3ccc(N)nc3)c2CNC(=O)[C@@H]1Cc1c[nH]c2ccccc12. The molecule has 0 saturated heterocycles. The molecule has 4 heterocycles. The van der Waals surface area contributed by atoms with Crippen molar-refractivity contribution in [3.05, 3.63) is 101 Å². The summed E-state index contributed by atoms with van der Waals surface area (Å²) in [5, 5.41) is 11.7. The van der Waals surface area contributed by atoms with E-state index in [1.54, 1.807) is 25.5 Å². The van der Waals surface area contributed by atoms with E-state index < -0.39 is 18.1 Å². The summed E-state index contributed by atoms with van der Waals surface area (Å²) in [6, 6.07) is 16.4. The maximum absolute atomic E-state index is 14.6. The summed E-state index contributed by atoms with van der Waals surface area (Å²) >= 11 is 8.38. The van der Waals surface area contributed by atoms with E-state index in [0.717, 1.165) is 38.7 Å². The Morgan fingerprint density at radius 2 is 1.70 bits per heavy atom. The third-order valence-electron chi connectivity index (χ3n) is 10.1. The highest BCUT2D eigenvalue weighted by Crippen LogP contribution is 2.41. The van der Waals surface area contributed by atoms with E-state index in [0.29, 0.717) is 72.5 Å². The molecule has 0 saturated carbocycles. The Labute approximate surface area is 335 Å². The number of anilines is 1. The monoisotopic (exact) mass is 796 g/mol. The minimum absolute atomic E-state index is 0.0755. The topological polar surface area (TPSA) is 210 Å². The molecule has 2 aromatic carbocycles. The van der Waals surface area contributed by atoms with Crippen molar-refractivity contribution in [3.63, 3.8) is 0 Å². The van der Waals surface area contributed by atoms with Gasteiger partial charge in [0.2, 0.25) is 17.7 Å². The third kappa shape index (κ3) is 9.68. The molecule has 1 aliphatic heterocycles. The largest absolute Gasteiger partial charge is 0.384 e. The maximum atomic E-state index is 14.6. The number of nitrogens with one attached hydrogen (secondary N) is 4. The van der Waals surface area contributed by atoms with E-state index in [1.807, 2.05) is 60.8 Å². The van der Waals surface area contributed by atoms with Gasteiger partial charge < -0.3 is 43.0 Å². The number of H-pyrrole nitrogens is 1. The van der Waals surface area contributed by atoms with Gasteiger partial charge in [0.25, 0.3) is 0 Å². The number of para-hydroxylation sites is 1. The van der Waals surface area contributed by atoms with E-state index in [2.05, 4.69) is 25.9 Å². The van der Waals surface area contributed by atoms with Crippen LogP contribution in [0.3, 0.4) is 0 Å². The molecule has 13 nitrogen and oxygen atoms in total. The summed E-state index contributed by atoms with van der Waals surface area (Å²) < 4.78 is 0. The molecule has 0 aliphatic carbocycles. The quantitative estimate of drug-likeness (QED) is 0.0983. The fourth-order valence-electron chi connectivity index (χ4n) is 6.98. The number of carbonyl (C=O) groups excluding carboxylic acids is 3. The van der Waals surface area contributed by atoms with Crippen LogP contribution in [0.2, 0.25) is 5.02 Å². The number of unbranched alkanes of at least 4 members (excludes halogenated alkanes) is 1. The Balaban J connectivity index is 1.47. The number of nitrogen functional groups attached to an aromatic ring is 1. The molecule has 5 aromatic rings. The Bertz CT molecular complexity index is 2150. The summed E-state index contributed by atoms with van der Waals surface area (Å²) in [7, 11) is 1.62. The average molecular weight is 797 g/mol. The van der Waals surface area contributed by atoms with Crippen LogP contribution in [0.25, 0.3) is 22.0 Å². The number of benzene rings is 2. The number of nitrogens with zero attached hydrogens (tertiary/aromatic N) is 3. The number of halogens is 1. The van der Waals surface area contributed by atoms with Crippen molar-refractivity contribution < 1.29 is 14.4 Å². The van der Waals surface area contributed by atoms with Crippen LogP contribution in [0.4, 0.5) is 5.82 Å². The lowest BCUT2D eigenvalue weighted by Gasteiger charge is -2.32. The molecule has 10 N–H and O–H groups in total. The average Bonchev–Trinajstić information content (AvgIpc) is 3.62. The standard InChI is InChI=1S/C41H49ClN10O3S/c1-52-35(20-27-23-47-32-10-3-2-9-29(27)32)39(54)50-24-30-28(25-13-16-36(45)49-21-25)14-15-31(42)37(30)56-40-26(8-7-19-46-40)22-48-33(12-6-18-44)38(53)51-34(41(52)55)11-4-5-17-43/h2-3,7-10,13-16,19,21,23,33-35,47-48H,4-6,11-12,17-18,20,22,24,43-44H2,1H3,(H2,45,49)(H,50,54)(H,51,53)/t33-,34-,35-/m0/s1. The molecule has 3 aromatic heterocycles. The highest BCUT2D eigenvalue weighted by atomic mass is 35.5. The smallest absolute Gasteiger partial charge is 0.245 e. The second-order valence-electron chi connectivity index (χ2n) is 13.9. The number of aromatic amines is 1. The van der Waals surface area contributed by atoms with Crippen LogP contribution in [-0.4, -0.2) is 75.8 Å². The molecule has 0 spiro atoms. The van der Waals surface area contributed by atoms with Gasteiger partial charge in [-0.05, 0) is 97.8 Å². The molecular weight excluding hydrogens is 748 g/mol. The van der Waals surface area contributed by atoms with E-state index in [-0.39, 0.29) is 30.7 Å². The zero-order valence-electron chi connectivity index (χ0n) is 31.4. The molecule has 0 radical (unpaired) electrons. The summed E-state index contributed by atoms with van der Waals surface area (Å²) in [6.45, 7) is 1.23. The lowest BCUT2D eigenvalue weighted by atomic mass is 9.99. The number of fused-ring (bicyclic) bond motifs is 3. The first-order chi connectivity index (χ1) is 27.2. The Morgan fingerprint density at radius 1 is 0.893 bits per heavy atom. The van der Waals surface area contributed by atoms with Gasteiger partial charge in [-0.3, -0.25) is 14.4 Å². The minimum Gasteiger partial charge on any atom is -0.384 e. The Kier molecular flexibility index (Phi) is 14.0. The molecular formula is C41H49ClN10O3S. The van der Waals surface area contributed by atoms with Gasteiger partial charge >= 0.3 is 0 Å². The van der Waals surface area contributed by atoms with Gasteiger partial charge in [0.1, 0.15) is 22.9 Å². The number of rotatable bonds is 10. The van der Waals surface area contributed by atoms with Crippen LogP contribution in [0.5, 0.6) is 0 Å². The molecule has 0 unspecified atom stereocenters. The van der Waals surface area contributed by atoms with E-state index >= 15 is 0 Å². The number of nitrogens with two attached hydrogens (primary N) is 3. The third-order valence-corrected chi connectivity index (χ3v) is 11.8. The number of likely N-dealkylation sites (N-methyl/N-ethyl adjacent to an activating group) is 1. The molecule has 15 heteroatoms. The first-order valence-corrected chi connectivity index (χ1v) is 20.1. The van der Waals surface area contributed by atoms with Crippen molar-refractivity contribution >= 4 is 57.8 Å². The fourth-order valence-corrected chi connectivity index (χ4v) is 8.32. The van der Waals surface area contributed by atoms with Crippen LogP contribution in [0, 0.1) is 0 Å². The van der Waals surface area contributed by atoms with Crippen molar-refractivity contribution in [2.24, 2.45) is 11.5 Å². The number of aromatic nitrogens is 3. The molecule has 56 heavy (non-hydrogen) atoms. The minimum atomic E-state index is -0.947. The molecule has 6 rings (SSSR count). The van der Waals surface area contributed by atoms with Crippen LogP contribution < -0.4 is 33.2 Å². The molecule has 3 atom stereocenters. The number of pyridine rings is 2. The zero-order chi connectivity index (χ0) is 39.6. The van der Waals surface area contributed by atoms with Gasteiger partial charge in [0.05, 0.1) is 11.1 Å². The summed E-state index contributed by atoms with van der Waals surface area (Å²) in [5.41, 5.74) is 22.6. The Hall–Kier alpha value is -4.99. The van der Waals surface area contributed by atoms with Crippen molar-refractivity contribution in [2.75, 3.05) is 25.9 Å². The predicted octanol–water partition coefficient (Wildman–Crippen LogP) is 4.52. The van der Waals surface area contributed by atoms with Gasteiger partial charge in [-0.2, -0.15) is 0 Å². The van der Waals surface area contributed by atoms with Crippen LogP contribution in [0.1, 0.15) is 48.8 Å². The summed E-state index contributed by atoms with van der Waals surface area (Å²) in [5.74, 6) is -0.699. The first kappa shape index (κ1) is 40.7. The second kappa shape index (κ2) is 19.2. The number of hydrogen-bond acceptors (Lipinski definition) is 10. The van der Waals surface area contributed by atoms with E-state index in [4.69, 9.17) is 33.8 Å². The molecule has 3 amide bonds. The number of carbonyl (C=O) groups is 3. The summed E-state index contributed by atoms with van der Waals surface area (Å²) in [6.07, 6.45) is 8.15. The summed E-state index contributed by atoms with van der Waals surface area (Å²) in [4.78, 5) is 57.8. The van der Waals surface area contributed by atoms with Crippen molar-refractivity contribution in [1.82, 2.24) is 35.8 Å². The number of hydrogen-bond donors (Lipinski definition) is 7. The lowest BCUT2D eigenvalue weighted by Crippen LogP contribution is -2.57. The molecule has 1 aliphatic rings. The van der Waals surface area contributed by atoms with E-state index in [9.17, 15) is 14.4 Å². The van der Waals surface area contributed by atoms with Gasteiger partial charge in [0.15, 0.2) is 0 Å². The highest BCUT2D eigenvalue weighted by molar-refractivity contribution is 7.99. The van der Waals surface area contributed by atoms with Crippen molar-refractivity contribution in [1.29, 1.82) is 0 Å². The molecule has 294 valence electrons. The van der Waals surface area contributed by atoms with Crippen LogP contribution in [-0.2, 0) is 33.9 Å². The van der Waals surface area contributed by atoms with Crippen LogP contribution in [0.15, 0.2) is 89.2 Å². The van der Waals surface area contributed by atoms with Crippen LogP contribution >= 0.6 is 23.4 Å². The van der Waals surface area contributed by atoms with Gasteiger partial charge in [-0.1, -0.05) is 53.7 Å². The number of amides is 3. The van der Waals surface area contributed by atoms with Crippen molar-refractivity contribution in [3.8, 4) is 11.1 Å². The lowest BCUT2D eigenvalue weighted by molar-refractivity contribution is -0.142. The van der Waals surface area contributed by atoms with Gasteiger partial charge in [-0.25, -0.2) is 9.97 Å². The zero-order valence-corrected chi connectivity index (χ0v) is 33.0. The first-order valence-electron chi connectivity index (χ1n) is 18.9. The fraction of sp³-hybridized carbons (Fsp3) is 0.341. The predicted molar refractivity (Wildman–Crippen MR) is 222 cm³/mol. The van der Waals surface area contributed by atoms with Gasteiger partial charge in [-0.15, -0.1) is 0 Å². The van der Waals surface area contributed by atoms with Gasteiger partial charge in [0, 0.05) is 66.5 Å². The van der Waals surface area contributed by atoms with E-state index in [1.165, 1.54) is 16.7 Å².